The second-order valence-electron chi connectivity index (χ2n) is 4.34. The van der Waals surface area contributed by atoms with Crippen LogP contribution in [0.2, 0.25) is 0 Å². The lowest BCUT2D eigenvalue weighted by Crippen LogP contribution is -1.92. The zero-order chi connectivity index (χ0) is 12.5. The molecule has 18 heavy (non-hydrogen) atoms. The topological polar surface area (TPSA) is 25.8 Å². The van der Waals surface area contributed by atoms with Gasteiger partial charge in [-0.15, -0.1) is 0 Å². The molecule has 3 rings (SSSR count). The normalized spacial score (nSPS) is 11.7. The van der Waals surface area contributed by atoms with E-state index in [0.29, 0.717) is 0 Å². The van der Waals surface area contributed by atoms with Gasteiger partial charge < -0.3 is 0 Å². The van der Waals surface area contributed by atoms with Crippen LogP contribution in [0.5, 0.6) is 0 Å². The van der Waals surface area contributed by atoms with Crippen LogP contribution < -0.4 is 0 Å². The van der Waals surface area contributed by atoms with Gasteiger partial charge in [0.05, 0.1) is 11.0 Å². The molecule has 1 aromatic carbocycles. The van der Waals surface area contributed by atoms with Gasteiger partial charge in [-0.2, -0.15) is 0 Å². The van der Waals surface area contributed by atoms with E-state index in [1.807, 2.05) is 31.5 Å². The fourth-order valence-electron chi connectivity index (χ4n) is 2.44. The number of rotatable bonds is 1. The van der Waals surface area contributed by atoms with Gasteiger partial charge in [0.15, 0.2) is 0 Å². The minimum Gasteiger partial charge on any atom is -0.254 e. The molecule has 2 nitrogen and oxygen atoms in total. The lowest BCUT2D eigenvalue weighted by atomic mass is 9.97. The first-order valence-electron chi connectivity index (χ1n) is 6.07. The molecule has 0 saturated carbocycles. The lowest BCUT2D eigenvalue weighted by molar-refractivity contribution is 1.36. The van der Waals surface area contributed by atoms with E-state index in [1.165, 1.54) is 21.9 Å². The number of aromatic nitrogens is 2. The minimum atomic E-state index is 0.979. The van der Waals surface area contributed by atoms with E-state index in [-0.39, 0.29) is 0 Å². The van der Waals surface area contributed by atoms with Gasteiger partial charge in [0.2, 0.25) is 0 Å². The number of hydrogen-bond donors (Lipinski definition) is 0. The summed E-state index contributed by atoms with van der Waals surface area (Å²) in [5.74, 6) is 0. The van der Waals surface area contributed by atoms with Gasteiger partial charge in [0.25, 0.3) is 0 Å². The predicted molar refractivity (Wildman–Crippen MR) is 76.5 cm³/mol. The molecule has 3 aromatic rings. The molecular weight excluding hydrogens is 220 g/mol. The number of fused-ring (bicyclic) bond motifs is 3. The van der Waals surface area contributed by atoms with E-state index >= 15 is 0 Å². The first-order chi connectivity index (χ1) is 8.83. The highest BCUT2D eigenvalue weighted by Gasteiger charge is 2.10. The van der Waals surface area contributed by atoms with Gasteiger partial charge in [-0.25, -0.2) is 0 Å². The molecule has 0 spiro atoms. The highest BCUT2D eigenvalue weighted by molar-refractivity contribution is 6.08. The summed E-state index contributed by atoms with van der Waals surface area (Å²) >= 11 is 0. The van der Waals surface area contributed by atoms with E-state index < -0.39 is 0 Å². The Hall–Kier alpha value is -2.22. The molecule has 0 radical (unpaired) electrons. The van der Waals surface area contributed by atoms with Gasteiger partial charge in [-0.1, -0.05) is 24.3 Å². The third-order valence-electron chi connectivity index (χ3n) is 3.27. The van der Waals surface area contributed by atoms with Crippen molar-refractivity contribution in [3.05, 3.63) is 53.9 Å². The number of hydrogen-bond acceptors (Lipinski definition) is 2. The molecule has 0 saturated heterocycles. The summed E-state index contributed by atoms with van der Waals surface area (Å²) in [6.45, 7) is 4.18. The highest BCUT2D eigenvalue weighted by Crippen LogP contribution is 2.30. The Morgan fingerprint density at radius 2 is 1.56 bits per heavy atom. The van der Waals surface area contributed by atoms with Crippen LogP contribution in [0.3, 0.4) is 0 Å². The Labute approximate surface area is 106 Å². The average molecular weight is 234 g/mol. The third kappa shape index (κ3) is 1.50. The first kappa shape index (κ1) is 10.9. The molecule has 2 heterocycles. The fraction of sp³-hybridized carbons (Fsp3) is 0.125. The van der Waals surface area contributed by atoms with Crippen LogP contribution in [0.1, 0.15) is 18.1 Å². The standard InChI is InChI=1S/C16H14N2/c1-3-6-12-11(2)13-7-4-9-17-15(13)16-14(12)8-5-10-18-16/h3-10H,1-2H3/b6-3-. The van der Waals surface area contributed by atoms with Crippen molar-refractivity contribution in [2.45, 2.75) is 13.8 Å². The minimum absolute atomic E-state index is 0.979. The Balaban J connectivity index is 2.62. The van der Waals surface area contributed by atoms with Crippen molar-refractivity contribution in [2.75, 3.05) is 0 Å². The monoisotopic (exact) mass is 234 g/mol. The molecule has 0 aliphatic rings. The molecule has 0 N–H and O–H groups in total. The maximum Gasteiger partial charge on any atom is 0.0970 e. The molecule has 0 unspecified atom stereocenters. The molecule has 0 aliphatic carbocycles. The van der Waals surface area contributed by atoms with Crippen molar-refractivity contribution in [1.82, 2.24) is 9.97 Å². The Bertz CT molecular complexity index is 757. The van der Waals surface area contributed by atoms with Crippen LogP contribution in [-0.2, 0) is 0 Å². The number of benzene rings is 1. The largest absolute Gasteiger partial charge is 0.254 e. The van der Waals surface area contributed by atoms with Crippen molar-refractivity contribution in [1.29, 1.82) is 0 Å². The van der Waals surface area contributed by atoms with Crippen molar-refractivity contribution in [3.63, 3.8) is 0 Å². The van der Waals surface area contributed by atoms with Crippen molar-refractivity contribution in [2.24, 2.45) is 0 Å². The van der Waals surface area contributed by atoms with E-state index in [2.05, 4.69) is 41.2 Å². The van der Waals surface area contributed by atoms with Crippen LogP contribution in [0.4, 0.5) is 0 Å². The average Bonchev–Trinajstić information content (AvgIpc) is 2.43. The molecule has 2 aromatic heterocycles. The van der Waals surface area contributed by atoms with Crippen molar-refractivity contribution >= 4 is 27.9 Å². The summed E-state index contributed by atoms with van der Waals surface area (Å²) in [7, 11) is 0. The SMILES string of the molecule is C/C=C\c1c(C)c2cccnc2c2ncccc12. The number of allylic oxidation sites excluding steroid dienone is 1. The maximum absolute atomic E-state index is 4.50. The van der Waals surface area contributed by atoms with Gasteiger partial charge in [-0.3, -0.25) is 9.97 Å². The second kappa shape index (κ2) is 4.22. The van der Waals surface area contributed by atoms with E-state index in [4.69, 9.17) is 0 Å². The fourth-order valence-corrected chi connectivity index (χ4v) is 2.44. The molecule has 0 fully saturated rings. The molecule has 0 aliphatic heterocycles. The third-order valence-corrected chi connectivity index (χ3v) is 3.27. The molecule has 88 valence electrons. The highest BCUT2D eigenvalue weighted by atomic mass is 14.7. The van der Waals surface area contributed by atoms with Gasteiger partial charge in [0, 0.05) is 23.2 Å². The molecule has 2 heteroatoms. The van der Waals surface area contributed by atoms with E-state index in [9.17, 15) is 0 Å². The summed E-state index contributed by atoms with van der Waals surface area (Å²) in [6.07, 6.45) is 7.86. The van der Waals surface area contributed by atoms with E-state index in [1.54, 1.807) is 0 Å². The van der Waals surface area contributed by atoms with E-state index in [0.717, 1.165) is 11.0 Å². The van der Waals surface area contributed by atoms with Crippen molar-refractivity contribution in [3.8, 4) is 0 Å². The summed E-state index contributed by atoms with van der Waals surface area (Å²) in [6, 6.07) is 8.17. The quantitative estimate of drug-likeness (QED) is 0.592. The summed E-state index contributed by atoms with van der Waals surface area (Å²) in [5.41, 5.74) is 4.46. The molecule has 0 bridgehead atoms. The van der Waals surface area contributed by atoms with Crippen LogP contribution in [0, 0.1) is 6.92 Å². The number of pyridine rings is 2. The number of nitrogens with zero attached hydrogens (tertiary/aromatic N) is 2. The molecule has 0 amide bonds. The predicted octanol–water partition coefficient (Wildman–Crippen LogP) is 4.12. The van der Waals surface area contributed by atoms with Gasteiger partial charge >= 0.3 is 0 Å². The first-order valence-corrected chi connectivity index (χ1v) is 6.07. The Morgan fingerprint density at radius 1 is 0.944 bits per heavy atom. The second-order valence-corrected chi connectivity index (χ2v) is 4.34. The lowest BCUT2D eigenvalue weighted by Gasteiger charge is -2.10. The number of aryl methyl sites for hydroxylation is 1. The van der Waals surface area contributed by atoms with Crippen molar-refractivity contribution < 1.29 is 0 Å². The molecule has 0 atom stereocenters. The van der Waals surface area contributed by atoms with Crippen LogP contribution in [-0.4, -0.2) is 9.97 Å². The van der Waals surface area contributed by atoms with Crippen LogP contribution >= 0.6 is 0 Å². The smallest absolute Gasteiger partial charge is 0.0970 e. The molecular formula is C16H14N2. The van der Waals surface area contributed by atoms with Gasteiger partial charge in [-0.05, 0) is 37.1 Å². The Morgan fingerprint density at radius 3 is 2.22 bits per heavy atom. The summed E-state index contributed by atoms with van der Waals surface area (Å²) in [5, 5.41) is 2.34. The van der Waals surface area contributed by atoms with Gasteiger partial charge in [0.1, 0.15) is 0 Å². The van der Waals surface area contributed by atoms with Crippen LogP contribution in [0.15, 0.2) is 42.7 Å². The Kier molecular flexibility index (Phi) is 2.56. The summed E-state index contributed by atoms with van der Waals surface area (Å²) in [4.78, 5) is 8.98. The van der Waals surface area contributed by atoms with Crippen LogP contribution in [0.25, 0.3) is 27.9 Å². The maximum atomic E-state index is 4.50. The zero-order valence-corrected chi connectivity index (χ0v) is 10.5. The summed E-state index contributed by atoms with van der Waals surface area (Å²) < 4.78 is 0. The zero-order valence-electron chi connectivity index (χ0n) is 10.5.